The Morgan fingerprint density at radius 3 is 2.43 bits per heavy atom. The Morgan fingerprint density at radius 1 is 1.50 bits per heavy atom. The van der Waals surface area contributed by atoms with Crippen molar-refractivity contribution in [3.05, 3.63) is 0 Å². The zero-order chi connectivity index (χ0) is 10.8. The first-order chi connectivity index (χ1) is 6.29. The van der Waals surface area contributed by atoms with Crippen LogP contribution in [0.4, 0.5) is 0 Å². The second kappa shape index (κ2) is 4.14. The summed E-state index contributed by atoms with van der Waals surface area (Å²) in [5.41, 5.74) is -0.441. The molecule has 1 aliphatic heterocycles. The first-order valence-corrected chi connectivity index (χ1v) is 6.20. The summed E-state index contributed by atoms with van der Waals surface area (Å²) < 4.78 is 32.1. The number of hydrogen-bond acceptors (Lipinski definition) is 4. The smallest absolute Gasteiger partial charge is 0.209 e. The molecule has 1 saturated heterocycles. The van der Waals surface area contributed by atoms with Crippen LogP contribution in [-0.4, -0.2) is 40.1 Å². The summed E-state index contributed by atoms with van der Waals surface area (Å²) in [5, 5.41) is 4.97. The van der Waals surface area contributed by atoms with Crippen molar-refractivity contribution < 1.29 is 17.9 Å². The molecule has 1 aliphatic rings. The zero-order valence-corrected chi connectivity index (χ0v) is 9.34. The van der Waals surface area contributed by atoms with Gasteiger partial charge in [0, 0.05) is 5.41 Å². The molecule has 0 saturated carbocycles. The average molecular weight is 223 g/mol. The maximum atomic E-state index is 10.9. The molecule has 0 amide bonds. The van der Waals surface area contributed by atoms with Gasteiger partial charge in [0.1, 0.15) is 6.10 Å². The fourth-order valence-corrected chi connectivity index (χ4v) is 2.41. The predicted octanol–water partition coefficient (Wildman–Crippen LogP) is -0.283. The first kappa shape index (κ1) is 11.9. The van der Waals surface area contributed by atoms with Crippen molar-refractivity contribution in [3.63, 3.8) is 0 Å². The Labute approximate surface area is 84.6 Å². The Kier molecular flexibility index (Phi) is 3.52. The minimum atomic E-state index is -3.43. The van der Waals surface area contributed by atoms with Crippen LogP contribution in [-0.2, 0) is 19.5 Å². The minimum Gasteiger partial charge on any atom is -0.376 e. The summed E-state index contributed by atoms with van der Waals surface area (Å²) in [7, 11) is -3.43. The lowest BCUT2D eigenvalue weighted by Gasteiger charge is -2.30. The van der Waals surface area contributed by atoms with Crippen LogP contribution in [0.25, 0.3) is 0 Å². The largest absolute Gasteiger partial charge is 0.376 e. The van der Waals surface area contributed by atoms with E-state index in [1.165, 1.54) is 0 Å². The molecule has 0 atom stereocenters. The molecule has 0 spiro atoms. The van der Waals surface area contributed by atoms with Crippen molar-refractivity contribution in [1.29, 1.82) is 0 Å². The number of rotatable bonds is 5. The molecule has 14 heavy (non-hydrogen) atoms. The minimum absolute atomic E-state index is 0.0619. The molecule has 0 radical (unpaired) electrons. The highest BCUT2D eigenvalue weighted by Gasteiger charge is 2.27. The van der Waals surface area contributed by atoms with E-state index in [4.69, 9.17) is 14.6 Å². The molecule has 5 nitrogen and oxygen atoms in total. The molecule has 6 heteroatoms. The van der Waals surface area contributed by atoms with E-state index in [2.05, 4.69) is 0 Å². The van der Waals surface area contributed by atoms with Gasteiger partial charge in [-0.2, -0.15) is 0 Å². The molecule has 0 aromatic rings. The van der Waals surface area contributed by atoms with Crippen molar-refractivity contribution in [1.82, 2.24) is 0 Å². The van der Waals surface area contributed by atoms with E-state index in [0.29, 0.717) is 19.8 Å². The molecular formula is C8H17NO4S. The molecule has 1 fully saturated rings. The van der Waals surface area contributed by atoms with Gasteiger partial charge in [-0.05, 0) is 0 Å². The highest BCUT2D eigenvalue weighted by atomic mass is 32.2. The normalized spacial score (nSPS) is 19.4. The second-order valence-electron chi connectivity index (χ2n) is 4.44. The molecule has 84 valence electrons. The lowest BCUT2D eigenvalue weighted by atomic mass is 9.98. The molecule has 0 unspecified atom stereocenters. The first-order valence-electron chi connectivity index (χ1n) is 4.48. The Morgan fingerprint density at radius 2 is 2.07 bits per heavy atom. The zero-order valence-electron chi connectivity index (χ0n) is 8.52. The maximum Gasteiger partial charge on any atom is 0.209 e. The van der Waals surface area contributed by atoms with E-state index in [1.54, 1.807) is 0 Å². The molecule has 2 N–H and O–H groups in total. The van der Waals surface area contributed by atoms with Crippen LogP contribution in [0.3, 0.4) is 0 Å². The van der Waals surface area contributed by atoms with Crippen LogP contribution < -0.4 is 5.14 Å². The predicted molar refractivity (Wildman–Crippen MR) is 52.3 cm³/mol. The van der Waals surface area contributed by atoms with Crippen LogP contribution in [0, 0.1) is 5.41 Å². The summed E-state index contributed by atoms with van der Waals surface area (Å²) in [6.45, 7) is 5.22. The third-order valence-electron chi connectivity index (χ3n) is 1.91. The van der Waals surface area contributed by atoms with Crippen LogP contribution in [0.1, 0.15) is 13.8 Å². The van der Waals surface area contributed by atoms with Crippen molar-refractivity contribution >= 4 is 10.0 Å². The van der Waals surface area contributed by atoms with Gasteiger partial charge in [-0.15, -0.1) is 0 Å². The summed E-state index contributed by atoms with van der Waals surface area (Å²) in [5.74, 6) is -0.0619. The van der Waals surface area contributed by atoms with Gasteiger partial charge in [0.25, 0.3) is 0 Å². The van der Waals surface area contributed by atoms with Gasteiger partial charge in [-0.25, -0.2) is 13.6 Å². The van der Waals surface area contributed by atoms with Crippen molar-refractivity contribution in [2.45, 2.75) is 20.0 Å². The van der Waals surface area contributed by atoms with Crippen LogP contribution in [0.15, 0.2) is 0 Å². The lowest BCUT2D eigenvalue weighted by molar-refractivity contribution is -0.141. The Hall–Kier alpha value is -0.170. The third kappa shape index (κ3) is 4.36. The Balaban J connectivity index is 2.32. The van der Waals surface area contributed by atoms with E-state index in [9.17, 15) is 8.42 Å². The van der Waals surface area contributed by atoms with E-state index in [-0.39, 0.29) is 11.9 Å². The number of nitrogens with two attached hydrogens (primary N) is 1. The molecule has 0 aromatic heterocycles. The summed E-state index contributed by atoms with van der Waals surface area (Å²) in [6, 6.07) is 0. The Bertz CT molecular complexity index is 282. The number of hydrogen-bond donors (Lipinski definition) is 1. The van der Waals surface area contributed by atoms with E-state index in [1.807, 2.05) is 13.8 Å². The van der Waals surface area contributed by atoms with Crippen molar-refractivity contribution in [3.8, 4) is 0 Å². The van der Waals surface area contributed by atoms with E-state index in [0.717, 1.165) is 0 Å². The van der Waals surface area contributed by atoms with Crippen LogP contribution >= 0.6 is 0 Å². The number of sulfonamides is 1. The summed E-state index contributed by atoms with van der Waals surface area (Å²) in [6.07, 6.45) is 0.120. The third-order valence-corrected chi connectivity index (χ3v) is 3.09. The molecule has 0 aliphatic carbocycles. The molecular weight excluding hydrogens is 206 g/mol. The molecule has 1 rings (SSSR count). The fourth-order valence-electron chi connectivity index (χ4n) is 1.24. The van der Waals surface area contributed by atoms with Gasteiger partial charge in [0.2, 0.25) is 10.0 Å². The number of primary sulfonamides is 1. The van der Waals surface area contributed by atoms with Crippen LogP contribution in [0.5, 0.6) is 0 Å². The molecule has 1 heterocycles. The summed E-state index contributed by atoms with van der Waals surface area (Å²) >= 11 is 0. The summed E-state index contributed by atoms with van der Waals surface area (Å²) in [4.78, 5) is 0. The van der Waals surface area contributed by atoms with Crippen LogP contribution in [0.2, 0.25) is 0 Å². The van der Waals surface area contributed by atoms with E-state index < -0.39 is 15.4 Å². The van der Waals surface area contributed by atoms with Crippen molar-refractivity contribution in [2.24, 2.45) is 10.6 Å². The standard InChI is InChI=1S/C8H17NO4S/c1-8(2,6-14(9,10)11)5-13-7-3-12-4-7/h7H,3-6H2,1-2H3,(H2,9,10,11). The molecule has 0 bridgehead atoms. The molecule has 0 aromatic carbocycles. The lowest BCUT2D eigenvalue weighted by Crippen LogP contribution is -2.40. The van der Waals surface area contributed by atoms with E-state index >= 15 is 0 Å². The number of ether oxygens (including phenoxy) is 2. The quantitative estimate of drug-likeness (QED) is 0.695. The van der Waals surface area contributed by atoms with Crippen molar-refractivity contribution in [2.75, 3.05) is 25.6 Å². The SMILES string of the molecule is CC(C)(COC1COC1)CS(N)(=O)=O. The van der Waals surface area contributed by atoms with Gasteiger partial charge in [0.05, 0.1) is 25.6 Å². The highest BCUT2D eigenvalue weighted by Crippen LogP contribution is 2.19. The van der Waals surface area contributed by atoms with Gasteiger partial charge in [-0.1, -0.05) is 13.8 Å². The fraction of sp³-hybridized carbons (Fsp3) is 1.00. The van der Waals surface area contributed by atoms with Gasteiger partial charge >= 0.3 is 0 Å². The topological polar surface area (TPSA) is 78.6 Å². The monoisotopic (exact) mass is 223 g/mol. The second-order valence-corrected chi connectivity index (χ2v) is 6.06. The maximum absolute atomic E-state index is 10.9. The van der Waals surface area contributed by atoms with Gasteiger partial charge in [0.15, 0.2) is 0 Å². The average Bonchev–Trinajstić information content (AvgIpc) is 1.75. The highest BCUT2D eigenvalue weighted by molar-refractivity contribution is 7.89. The van der Waals surface area contributed by atoms with Gasteiger partial charge < -0.3 is 9.47 Å². The van der Waals surface area contributed by atoms with Gasteiger partial charge in [-0.3, -0.25) is 0 Å².